The maximum atomic E-state index is 12.8. The van der Waals surface area contributed by atoms with Crippen molar-refractivity contribution in [2.75, 3.05) is 18.5 Å². The van der Waals surface area contributed by atoms with Crippen LogP contribution in [0.25, 0.3) is 0 Å². The van der Waals surface area contributed by atoms with Crippen LogP contribution in [-0.2, 0) is 9.53 Å². The smallest absolute Gasteiger partial charge is 0.256 e. The van der Waals surface area contributed by atoms with E-state index in [-0.39, 0.29) is 5.91 Å². The van der Waals surface area contributed by atoms with E-state index in [1.165, 1.54) is 6.42 Å². The van der Waals surface area contributed by atoms with Crippen LogP contribution >= 0.6 is 0 Å². The first-order valence-electron chi connectivity index (χ1n) is 9.15. The lowest BCUT2D eigenvalue weighted by atomic mass is 9.83. The maximum Gasteiger partial charge on any atom is 0.256 e. The Balaban J connectivity index is 2.06. The van der Waals surface area contributed by atoms with E-state index in [0.717, 1.165) is 42.7 Å². The Hall–Kier alpha value is -1.55. The van der Waals surface area contributed by atoms with Gasteiger partial charge < -0.3 is 14.8 Å². The number of ether oxygens (including phenoxy) is 2. The van der Waals surface area contributed by atoms with E-state index in [2.05, 4.69) is 19.2 Å². The van der Waals surface area contributed by atoms with Gasteiger partial charge in [0.15, 0.2) is 0 Å². The van der Waals surface area contributed by atoms with E-state index in [4.69, 9.17) is 9.47 Å². The first-order chi connectivity index (χ1) is 11.5. The molecule has 1 aliphatic carbocycles. The summed E-state index contributed by atoms with van der Waals surface area (Å²) in [4.78, 5) is 12.8. The second-order valence-electron chi connectivity index (χ2n) is 7.13. The normalized spacial score (nSPS) is 16.9. The summed E-state index contributed by atoms with van der Waals surface area (Å²) in [5, 5.41) is 3.05. The fourth-order valence-electron chi connectivity index (χ4n) is 3.23. The number of hydrogen-bond donors (Lipinski definition) is 1. The average Bonchev–Trinajstić information content (AvgIpc) is 2.55. The minimum atomic E-state index is -0.659. The molecule has 0 unspecified atom stereocenters. The maximum absolute atomic E-state index is 12.8. The molecule has 0 heterocycles. The predicted molar refractivity (Wildman–Crippen MR) is 97.6 cm³/mol. The number of carbonyl (C=O) groups excluding carboxylic acids is 1. The van der Waals surface area contributed by atoms with Gasteiger partial charge in [0.1, 0.15) is 11.4 Å². The monoisotopic (exact) mass is 333 g/mol. The number of carbonyl (C=O) groups is 1. The van der Waals surface area contributed by atoms with Crippen molar-refractivity contribution >= 4 is 11.6 Å². The number of hydrogen-bond acceptors (Lipinski definition) is 3. The lowest BCUT2D eigenvalue weighted by molar-refractivity contribution is -0.145. The summed E-state index contributed by atoms with van der Waals surface area (Å²) in [5.41, 5.74) is 1.18. The van der Waals surface area contributed by atoms with Crippen LogP contribution in [0.1, 0.15) is 58.4 Å². The molecule has 1 amide bonds. The highest BCUT2D eigenvalue weighted by molar-refractivity contribution is 5.97. The summed E-state index contributed by atoms with van der Waals surface area (Å²) in [7, 11) is 0. The van der Waals surface area contributed by atoms with Crippen molar-refractivity contribution in [2.24, 2.45) is 5.92 Å². The van der Waals surface area contributed by atoms with E-state index in [1.54, 1.807) is 0 Å². The molecule has 1 aliphatic rings. The van der Waals surface area contributed by atoms with Crippen molar-refractivity contribution < 1.29 is 14.3 Å². The molecule has 4 heteroatoms. The zero-order valence-electron chi connectivity index (χ0n) is 15.5. The minimum absolute atomic E-state index is 0.0145. The van der Waals surface area contributed by atoms with Crippen molar-refractivity contribution in [3.05, 3.63) is 23.8 Å². The molecular weight excluding hydrogens is 302 g/mol. The van der Waals surface area contributed by atoms with Gasteiger partial charge in [0.2, 0.25) is 0 Å². The molecule has 1 aromatic carbocycles. The van der Waals surface area contributed by atoms with Crippen molar-refractivity contribution in [2.45, 2.75) is 65.4 Å². The minimum Gasteiger partial charge on any atom is -0.493 e. The van der Waals surface area contributed by atoms with Gasteiger partial charge in [-0.15, -0.1) is 0 Å². The van der Waals surface area contributed by atoms with Gasteiger partial charge in [-0.2, -0.15) is 0 Å². The number of aryl methyl sites for hydroxylation is 1. The third-order valence-electron chi connectivity index (χ3n) is 4.50. The highest BCUT2D eigenvalue weighted by Gasteiger charge is 2.40. The second kappa shape index (κ2) is 8.52. The first kappa shape index (κ1) is 18.8. The summed E-state index contributed by atoms with van der Waals surface area (Å²) >= 11 is 0. The van der Waals surface area contributed by atoms with Gasteiger partial charge in [-0.1, -0.05) is 33.1 Å². The number of rotatable bonds is 7. The SMILES string of the molecule is CCOC1(C(=O)Nc2ccc(OCC(C)C)c(C)c2)CCCCC1. The van der Waals surface area contributed by atoms with Gasteiger partial charge in [0, 0.05) is 12.3 Å². The van der Waals surface area contributed by atoms with Crippen LogP contribution in [0.5, 0.6) is 5.75 Å². The Morgan fingerprint density at radius 1 is 1.25 bits per heavy atom. The molecule has 1 N–H and O–H groups in total. The van der Waals surface area contributed by atoms with Crippen LogP contribution < -0.4 is 10.1 Å². The van der Waals surface area contributed by atoms with Crippen molar-refractivity contribution in [3.63, 3.8) is 0 Å². The molecule has 0 spiro atoms. The van der Waals surface area contributed by atoms with E-state index in [0.29, 0.717) is 19.1 Å². The van der Waals surface area contributed by atoms with Gasteiger partial charge in [-0.05, 0) is 56.4 Å². The molecule has 134 valence electrons. The Bertz CT molecular complexity index is 542. The third-order valence-corrected chi connectivity index (χ3v) is 4.50. The molecule has 1 aromatic rings. The largest absolute Gasteiger partial charge is 0.493 e. The Kier molecular flexibility index (Phi) is 6.67. The molecule has 2 rings (SSSR count). The fourth-order valence-corrected chi connectivity index (χ4v) is 3.23. The van der Waals surface area contributed by atoms with Gasteiger partial charge in [0.25, 0.3) is 5.91 Å². The Morgan fingerprint density at radius 3 is 2.54 bits per heavy atom. The predicted octanol–water partition coefficient (Wildman–Crippen LogP) is 4.71. The summed E-state index contributed by atoms with van der Waals surface area (Å²) in [5.74, 6) is 1.35. The van der Waals surface area contributed by atoms with E-state index in [9.17, 15) is 4.79 Å². The molecule has 24 heavy (non-hydrogen) atoms. The lowest BCUT2D eigenvalue weighted by Gasteiger charge is -2.35. The molecule has 0 aromatic heterocycles. The molecule has 0 atom stereocenters. The highest BCUT2D eigenvalue weighted by atomic mass is 16.5. The average molecular weight is 333 g/mol. The van der Waals surface area contributed by atoms with Gasteiger partial charge in [-0.3, -0.25) is 4.79 Å². The van der Waals surface area contributed by atoms with Crippen molar-refractivity contribution in [1.82, 2.24) is 0 Å². The summed E-state index contributed by atoms with van der Waals surface area (Å²) in [6.07, 6.45) is 4.90. The second-order valence-corrected chi connectivity index (χ2v) is 7.13. The van der Waals surface area contributed by atoms with Crippen LogP contribution in [0.2, 0.25) is 0 Å². The molecule has 0 aliphatic heterocycles. The topological polar surface area (TPSA) is 47.6 Å². The summed E-state index contributed by atoms with van der Waals surface area (Å²) < 4.78 is 11.7. The molecule has 1 fully saturated rings. The molecule has 0 bridgehead atoms. The third kappa shape index (κ3) is 4.73. The van der Waals surface area contributed by atoms with E-state index >= 15 is 0 Å². The molecule has 0 radical (unpaired) electrons. The van der Waals surface area contributed by atoms with Crippen LogP contribution in [0.3, 0.4) is 0 Å². The summed E-state index contributed by atoms with van der Waals surface area (Å²) in [6.45, 7) is 9.47. The van der Waals surface area contributed by atoms with Crippen molar-refractivity contribution in [1.29, 1.82) is 0 Å². The van der Waals surface area contributed by atoms with Gasteiger partial charge in [-0.25, -0.2) is 0 Å². The zero-order chi connectivity index (χ0) is 17.6. The highest BCUT2D eigenvalue weighted by Crippen LogP contribution is 2.33. The van der Waals surface area contributed by atoms with Gasteiger partial charge >= 0.3 is 0 Å². The van der Waals surface area contributed by atoms with Crippen molar-refractivity contribution in [3.8, 4) is 5.75 Å². The lowest BCUT2D eigenvalue weighted by Crippen LogP contribution is -2.47. The summed E-state index contributed by atoms with van der Waals surface area (Å²) in [6, 6.07) is 5.81. The first-order valence-corrected chi connectivity index (χ1v) is 9.15. The molecular formula is C20H31NO3. The number of amides is 1. The standard InChI is InChI=1S/C20H31NO3/c1-5-24-20(11-7-6-8-12-20)19(22)21-17-9-10-18(16(4)13-17)23-14-15(2)3/h9-10,13,15H,5-8,11-12,14H2,1-4H3,(H,21,22). The van der Waals surface area contributed by atoms with Crippen LogP contribution in [-0.4, -0.2) is 24.7 Å². The number of benzene rings is 1. The fraction of sp³-hybridized carbons (Fsp3) is 0.650. The molecule has 4 nitrogen and oxygen atoms in total. The molecule has 0 saturated heterocycles. The van der Waals surface area contributed by atoms with Crippen LogP contribution in [0.4, 0.5) is 5.69 Å². The van der Waals surface area contributed by atoms with Gasteiger partial charge in [0.05, 0.1) is 6.61 Å². The molecule has 1 saturated carbocycles. The quantitative estimate of drug-likeness (QED) is 0.786. The van der Waals surface area contributed by atoms with Crippen LogP contribution in [0, 0.1) is 12.8 Å². The van der Waals surface area contributed by atoms with Crippen LogP contribution in [0.15, 0.2) is 18.2 Å². The Labute approximate surface area is 145 Å². The van der Waals surface area contributed by atoms with E-state index < -0.39 is 5.60 Å². The number of anilines is 1. The van der Waals surface area contributed by atoms with E-state index in [1.807, 2.05) is 32.0 Å². The zero-order valence-corrected chi connectivity index (χ0v) is 15.5. The Morgan fingerprint density at radius 2 is 1.96 bits per heavy atom. The number of nitrogens with one attached hydrogen (secondary N) is 1.